The Morgan fingerprint density at radius 2 is 2.14 bits per heavy atom. The molecule has 0 bridgehead atoms. The molecule has 0 spiro atoms. The van der Waals surface area contributed by atoms with Gasteiger partial charge in [-0.25, -0.2) is 9.78 Å². The van der Waals surface area contributed by atoms with Gasteiger partial charge in [0, 0.05) is 19.6 Å². The number of rotatable bonds is 6. The van der Waals surface area contributed by atoms with Crippen LogP contribution in [0, 0.1) is 0 Å². The second-order valence-electron chi connectivity index (χ2n) is 5.97. The quantitative estimate of drug-likeness (QED) is 0.710. The summed E-state index contributed by atoms with van der Waals surface area (Å²) in [5.41, 5.74) is 1.42. The van der Waals surface area contributed by atoms with Crippen LogP contribution < -0.4 is 10.6 Å². The van der Waals surface area contributed by atoms with Crippen LogP contribution in [0.15, 0.2) is 30.6 Å². The predicted molar refractivity (Wildman–Crippen MR) is 84.6 cm³/mol. The van der Waals surface area contributed by atoms with Gasteiger partial charge in [-0.15, -0.1) is 0 Å². The molecule has 6 nitrogen and oxygen atoms in total. The molecule has 0 atom stereocenters. The fourth-order valence-electron chi connectivity index (χ4n) is 2.71. The minimum atomic E-state index is -0.674. The summed E-state index contributed by atoms with van der Waals surface area (Å²) < 4.78 is 2.09. The minimum absolute atomic E-state index is 0.212. The number of aryl methyl sites for hydroxylation is 1. The highest BCUT2D eigenvalue weighted by atomic mass is 16.3. The highest BCUT2D eigenvalue weighted by molar-refractivity contribution is 5.75. The molecule has 2 amide bonds. The summed E-state index contributed by atoms with van der Waals surface area (Å²) in [6, 6.07) is 7.79. The molecule has 1 aromatic carbocycles. The highest BCUT2D eigenvalue weighted by Crippen LogP contribution is 2.30. The Hall–Kier alpha value is -2.08. The third-order valence-electron chi connectivity index (χ3n) is 4.25. The average Bonchev–Trinajstić information content (AvgIpc) is 2.91. The lowest BCUT2D eigenvalue weighted by molar-refractivity contribution is -0.0290. The summed E-state index contributed by atoms with van der Waals surface area (Å²) in [5.74, 6) is 0. The smallest absolute Gasteiger partial charge is 0.314 e. The van der Waals surface area contributed by atoms with Crippen molar-refractivity contribution in [2.24, 2.45) is 0 Å². The molecule has 118 valence electrons. The minimum Gasteiger partial charge on any atom is -0.388 e. The van der Waals surface area contributed by atoms with Crippen molar-refractivity contribution in [2.75, 3.05) is 13.1 Å². The number of carbonyl (C=O) groups excluding carboxylic acids is 1. The molecular formula is C16H22N4O2. The van der Waals surface area contributed by atoms with Crippen LogP contribution in [0.25, 0.3) is 11.0 Å². The van der Waals surface area contributed by atoms with E-state index in [2.05, 4.69) is 20.2 Å². The lowest BCUT2D eigenvalue weighted by Gasteiger charge is -2.36. The number of aliphatic hydroxyl groups is 1. The van der Waals surface area contributed by atoms with E-state index in [1.807, 2.05) is 30.6 Å². The van der Waals surface area contributed by atoms with Gasteiger partial charge >= 0.3 is 6.03 Å². The maximum atomic E-state index is 11.7. The summed E-state index contributed by atoms with van der Waals surface area (Å²) in [4.78, 5) is 16.0. The number of nitrogens with one attached hydrogen (secondary N) is 2. The van der Waals surface area contributed by atoms with Gasteiger partial charge in [0.05, 0.1) is 23.0 Å². The van der Waals surface area contributed by atoms with Crippen molar-refractivity contribution in [2.45, 2.75) is 37.8 Å². The zero-order valence-corrected chi connectivity index (χ0v) is 12.6. The van der Waals surface area contributed by atoms with E-state index in [0.717, 1.165) is 43.3 Å². The Morgan fingerprint density at radius 3 is 2.91 bits per heavy atom. The maximum Gasteiger partial charge on any atom is 0.314 e. The summed E-state index contributed by atoms with van der Waals surface area (Å²) in [7, 11) is 0. The maximum absolute atomic E-state index is 11.7. The van der Waals surface area contributed by atoms with E-state index in [1.54, 1.807) is 0 Å². The van der Waals surface area contributed by atoms with Gasteiger partial charge in [-0.2, -0.15) is 0 Å². The molecule has 0 unspecified atom stereocenters. The third kappa shape index (κ3) is 3.39. The van der Waals surface area contributed by atoms with Crippen molar-refractivity contribution in [3.63, 3.8) is 0 Å². The first-order chi connectivity index (χ1) is 10.7. The lowest BCUT2D eigenvalue weighted by Crippen LogP contribution is -2.50. The van der Waals surface area contributed by atoms with Crippen LogP contribution in [0.4, 0.5) is 4.79 Å². The fraction of sp³-hybridized carbons (Fsp3) is 0.500. The molecule has 6 heteroatoms. The molecule has 0 saturated heterocycles. The number of hydrogen-bond acceptors (Lipinski definition) is 3. The Morgan fingerprint density at radius 1 is 1.32 bits per heavy atom. The van der Waals surface area contributed by atoms with E-state index < -0.39 is 5.60 Å². The topological polar surface area (TPSA) is 79.2 Å². The van der Waals surface area contributed by atoms with E-state index in [4.69, 9.17) is 0 Å². The van der Waals surface area contributed by atoms with Crippen molar-refractivity contribution >= 4 is 17.1 Å². The van der Waals surface area contributed by atoms with Crippen LogP contribution in [0.5, 0.6) is 0 Å². The van der Waals surface area contributed by atoms with Crippen molar-refractivity contribution < 1.29 is 9.90 Å². The normalized spacial score (nSPS) is 16.2. The predicted octanol–water partition coefficient (Wildman–Crippen LogP) is 1.64. The summed E-state index contributed by atoms with van der Waals surface area (Å²) in [5, 5.41) is 15.5. The van der Waals surface area contributed by atoms with E-state index in [0.29, 0.717) is 13.1 Å². The molecule has 0 aliphatic heterocycles. The van der Waals surface area contributed by atoms with E-state index in [-0.39, 0.29) is 6.03 Å². The number of hydrogen-bond donors (Lipinski definition) is 3. The number of para-hydroxylation sites is 2. The monoisotopic (exact) mass is 302 g/mol. The van der Waals surface area contributed by atoms with E-state index in [9.17, 15) is 9.90 Å². The fourth-order valence-corrected chi connectivity index (χ4v) is 2.71. The van der Waals surface area contributed by atoms with Crippen molar-refractivity contribution in [1.29, 1.82) is 0 Å². The van der Waals surface area contributed by atoms with Crippen molar-refractivity contribution in [3.05, 3.63) is 30.6 Å². The number of carbonyl (C=O) groups is 1. The van der Waals surface area contributed by atoms with Crippen LogP contribution in [-0.4, -0.2) is 39.4 Å². The van der Waals surface area contributed by atoms with Crippen LogP contribution in [0.3, 0.4) is 0 Å². The van der Waals surface area contributed by atoms with Gasteiger partial charge < -0.3 is 20.3 Å². The summed E-state index contributed by atoms with van der Waals surface area (Å²) in [6.45, 7) is 1.74. The Balaban J connectivity index is 1.37. The molecule has 1 aliphatic carbocycles. The molecule has 3 N–H and O–H groups in total. The zero-order valence-electron chi connectivity index (χ0n) is 12.6. The SMILES string of the molecule is O=C(NCCCn1cnc2ccccc21)NCC1(O)CCC1. The lowest BCUT2D eigenvalue weighted by atomic mass is 9.80. The van der Waals surface area contributed by atoms with Gasteiger partial charge in [-0.05, 0) is 37.8 Å². The second kappa shape index (κ2) is 6.36. The van der Waals surface area contributed by atoms with Crippen LogP contribution in [-0.2, 0) is 6.54 Å². The zero-order chi connectivity index (χ0) is 15.4. The second-order valence-corrected chi connectivity index (χ2v) is 5.97. The molecule has 1 aliphatic rings. The molecular weight excluding hydrogens is 280 g/mol. The van der Waals surface area contributed by atoms with Crippen LogP contribution in [0.1, 0.15) is 25.7 Å². The molecule has 3 rings (SSSR count). The van der Waals surface area contributed by atoms with Gasteiger partial charge in [0.1, 0.15) is 0 Å². The van der Waals surface area contributed by atoms with Gasteiger partial charge in [-0.3, -0.25) is 0 Å². The van der Waals surface area contributed by atoms with Crippen molar-refractivity contribution in [1.82, 2.24) is 20.2 Å². The Labute approximate surface area is 129 Å². The van der Waals surface area contributed by atoms with Gasteiger partial charge in [-0.1, -0.05) is 12.1 Å². The van der Waals surface area contributed by atoms with Gasteiger partial charge in [0.2, 0.25) is 0 Å². The number of urea groups is 1. The molecule has 1 fully saturated rings. The largest absolute Gasteiger partial charge is 0.388 e. The molecule has 1 saturated carbocycles. The number of nitrogens with zero attached hydrogens (tertiary/aromatic N) is 2. The number of aromatic nitrogens is 2. The Kier molecular flexibility index (Phi) is 4.29. The molecule has 1 aromatic heterocycles. The number of benzene rings is 1. The third-order valence-corrected chi connectivity index (χ3v) is 4.25. The molecule has 1 heterocycles. The van der Waals surface area contributed by atoms with E-state index in [1.165, 1.54) is 0 Å². The van der Waals surface area contributed by atoms with E-state index >= 15 is 0 Å². The first kappa shape index (κ1) is 14.8. The molecule has 2 aromatic rings. The van der Waals surface area contributed by atoms with Crippen LogP contribution in [0.2, 0.25) is 0 Å². The number of imidazole rings is 1. The number of fused-ring (bicyclic) bond motifs is 1. The van der Waals surface area contributed by atoms with Crippen molar-refractivity contribution in [3.8, 4) is 0 Å². The standard InChI is InChI=1S/C16H22N4O2/c21-15(18-11-16(22)7-3-8-16)17-9-4-10-20-12-19-13-5-1-2-6-14(13)20/h1-2,5-6,12,22H,3-4,7-11H2,(H2,17,18,21). The average molecular weight is 302 g/mol. The highest BCUT2D eigenvalue weighted by Gasteiger charge is 2.34. The summed E-state index contributed by atoms with van der Waals surface area (Å²) >= 11 is 0. The first-order valence-corrected chi connectivity index (χ1v) is 7.80. The van der Waals surface area contributed by atoms with Gasteiger partial charge in [0.15, 0.2) is 0 Å². The van der Waals surface area contributed by atoms with Crippen LogP contribution >= 0.6 is 0 Å². The molecule has 0 radical (unpaired) electrons. The first-order valence-electron chi connectivity index (χ1n) is 7.80. The Bertz CT molecular complexity index is 648. The van der Waals surface area contributed by atoms with Gasteiger partial charge in [0.25, 0.3) is 0 Å². The summed E-state index contributed by atoms with van der Waals surface area (Å²) in [6.07, 6.45) is 5.26. The molecule has 22 heavy (non-hydrogen) atoms. The number of amides is 2.